The molecule has 1 heterocycles. The monoisotopic (exact) mass is 408 g/mol. The Hall–Kier alpha value is -2.65. The van der Waals surface area contributed by atoms with E-state index in [4.69, 9.17) is 15.2 Å². The van der Waals surface area contributed by atoms with Crippen LogP contribution in [-0.2, 0) is 10.0 Å². The number of hydrogen-bond donors (Lipinski definition) is 1. The van der Waals surface area contributed by atoms with Crippen LogP contribution in [0.2, 0.25) is 0 Å². The zero-order valence-electron chi connectivity index (χ0n) is 15.1. The van der Waals surface area contributed by atoms with Crippen molar-refractivity contribution in [2.75, 3.05) is 26.3 Å². The van der Waals surface area contributed by atoms with Crippen LogP contribution < -0.4 is 15.2 Å². The van der Waals surface area contributed by atoms with Crippen molar-refractivity contribution in [1.29, 1.82) is 0 Å². The normalized spacial score (nSPS) is 14.8. The molecule has 0 radical (unpaired) electrons. The summed E-state index contributed by atoms with van der Waals surface area (Å²) in [7, 11) is -3.66. The summed E-state index contributed by atoms with van der Waals surface area (Å²) in [4.78, 5) is 11.8. The number of halogens is 1. The van der Waals surface area contributed by atoms with Gasteiger partial charge in [-0.25, -0.2) is 12.8 Å². The molecule has 0 saturated carbocycles. The molecule has 0 spiro atoms. The molecule has 0 atom stereocenters. The van der Waals surface area contributed by atoms with Gasteiger partial charge in [-0.3, -0.25) is 4.79 Å². The van der Waals surface area contributed by atoms with E-state index in [2.05, 4.69) is 0 Å². The molecule has 0 aromatic heterocycles. The van der Waals surface area contributed by atoms with Gasteiger partial charge in [0.25, 0.3) is 5.91 Å². The maximum atomic E-state index is 12.9. The van der Waals surface area contributed by atoms with E-state index < -0.39 is 15.9 Å². The summed E-state index contributed by atoms with van der Waals surface area (Å²) in [5.41, 5.74) is 5.38. The van der Waals surface area contributed by atoms with Crippen molar-refractivity contribution in [1.82, 2.24) is 4.31 Å². The Bertz CT molecular complexity index is 941. The fraction of sp³-hybridized carbons (Fsp3) is 0.316. The van der Waals surface area contributed by atoms with Gasteiger partial charge in [0, 0.05) is 13.1 Å². The largest absolute Gasteiger partial charge is 0.490 e. The summed E-state index contributed by atoms with van der Waals surface area (Å²) in [6.07, 6.45) is 1.63. The molecular weight excluding hydrogens is 387 g/mol. The summed E-state index contributed by atoms with van der Waals surface area (Å²) in [6, 6.07) is 9.59. The fourth-order valence-electron chi connectivity index (χ4n) is 2.91. The van der Waals surface area contributed by atoms with Gasteiger partial charge < -0.3 is 15.2 Å². The lowest BCUT2D eigenvalue weighted by molar-refractivity contribution is 0.0995. The molecule has 0 aliphatic carbocycles. The molecular formula is C19H21FN2O5S. The Labute approximate surface area is 162 Å². The third kappa shape index (κ3) is 4.60. The molecule has 1 saturated heterocycles. The van der Waals surface area contributed by atoms with Crippen LogP contribution in [0.15, 0.2) is 47.4 Å². The summed E-state index contributed by atoms with van der Waals surface area (Å²) in [6.45, 7) is 1.17. The fourth-order valence-corrected chi connectivity index (χ4v) is 4.45. The van der Waals surface area contributed by atoms with Gasteiger partial charge in [0.15, 0.2) is 0 Å². The quantitative estimate of drug-likeness (QED) is 0.675. The van der Waals surface area contributed by atoms with Crippen molar-refractivity contribution in [2.24, 2.45) is 5.73 Å². The standard InChI is InChI=1S/C19H21FN2O5S/c20-14-3-5-15(6-4-14)26-11-12-27-18-8-7-16(13-17(18)19(21)23)28(24,25)22-9-1-2-10-22/h3-8,13H,1-2,9-12H2,(H2,21,23). The third-order valence-electron chi connectivity index (χ3n) is 4.34. The summed E-state index contributed by atoms with van der Waals surface area (Å²) in [5, 5.41) is 0. The average molecular weight is 408 g/mol. The van der Waals surface area contributed by atoms with E-state index >= 15 is 0 Å². The summed E-state index contributed by atoms with van der Waals surface area (Å²) in [5.74, 6) is -0.491. The second-order valence-corrected chi connectivity index (χ2v) is 8.22. The average Bonchev–Trinajstić information content (AvgIpc) is 3.22. The Morgan fingerprint density at radius 3 is 2.32 bits per heavy atom. The van der Waals surface area contributed by atoms with Gasteiger partial charge in [-0.15, -0.1) is 0 Å². The van der Waals surface area contributed by atoms with Crippen molar-refractivity contribution in [3.8, 4) is 11.5 Å². The summed E-state index contributed by atoms with van der Waals surface area (Å²) >= 11 is 0. The number of primary amides is 1. The molecule has 28 heavy (non-hydrogen) atoms. The van der Waals surface area contributed by atoms with Crippen molar-refractivity contribution in [3.63, 3.8) is 0 Å². The van der Waals surface area contributed by atoms with Crippen LogP contribution in [0.3, 0.4) is 0 Å². The van der Waals surface area contributed by atoms with Crippen molar-refractivity contribution in [3.05, 3.63) is 53.8 Å². The minimum absolute atomic E-state index is 0.0120. The molecule has 9 heteroatoms. The predicted octanol–water partition coefficient (Wildman–Crippen LogP) is 2.17. The molecule has 1 aliphatic rings. The number of nitrogens with two attached hydrogens (primary N) is 1. The molecule has 0 bridgehead atoms. The minimum Gasteiger partial charge on any atom is -0.490 e. The maximum absolute atomic E-state index is 12.9. The van der Waals surface area contributed by atoms with Crippen LogP contribution in [0.4, 0.5) is 4.39 Å². The molecule has 1 fully saturated rings. The highest BCUT2D eigenvalue weighted by Crippen LogP contribution is 2.26. The van der Waals surface area contributed by atoms with Crippen molar-refractivity contribution in [2.45, 2.75) is 17.7 Å². The van der Waals surface area contributed by atoms with Crippen LogP contribution >= 0.6 is 0 Å². The van der Waals surface area contributed by atoms with Crippen molar-refractivity contribution < 1.29 is 27.1 Å². The number of carbonyl (C=O) groups is 1. The molecule has 1 aliphatic heterocycles. The van der Waals surface area contributed by atoms with Crippen LogP contribution in [0, 0.1) is 5.82 Å². The Morgan fingerprint density at radius 2 is 1.68 bits per heavy atom. The van der Waals surface area contributed by atoms with E-state index in [1.807, 2.05) is 0 Å². The predicted molar refractivity (Wildman–Crippen MR) is 100 cm³/mol. The molecule has 2 aromatic rings. The summed E-state index contributed by atoms with van der Waals surface area (Å²) < 4.78 is 50.5. The van der Waals surface area contributed by atoms with E-state index in [1.165, 1.54) is 46.8 Å². The van der Waals surface area contributed by atoms with E-state index in [9.17, 15) is 17.6 Å². The van der Waals surface area contributed by atoms with E-state index in [-0.39, 0.29) is 35.2 Å². The number of ether oxygens (including phenoxy) is 2. The highest BCUT2D eigenvalue weighted by atomic mass is 32.2. The molecule has 0 unspecified atom stereocenters. The smallest absolute Gasteiger partial charge is 0.252 e. The third-order valence-corrected chi connectivity index (χ3v) is 6.24. The number of benzene rings is 2. The zero-order valence-corrected chi connectivity index (χ0v) is 16.0. The number of amides is 1. The second-order valence-electron chi connectivity index (χ2n) is 6.28. The first kappa shape index (κ1) is 20.1. The zero-order chi connectivity index (χ0) is 20.1. The molecule has 3 rings (SSSR count). The van der Waals surface area contributed by atoms with Gasteiger partial charge >= 0.3 is 0 Å². The van der Waals surface area contributed by atoms with Gasteiger partial charge in [0.05, 0.1) is 10.5 Å². The van der Waals surface area contributed by atoms with E-state index in [0.29, 0.717) is 18.8 Å². The SMILES string of the molecule is NC(=O)c1cc(S(=O)(=O)N2CCCC2)ccc1OCCOc1ccc(F)cc1. The Kier molecular flexibility index (Phi) is 6.15. The highest BCUT2D eigenvalue weighted by Gasteiger charge is 2.28. The van der Waals surface area contributed by atoms with Gasteiger partial charge in [-0.2, -0.15) is 4.31 Å². The lowest BCUT2D eigenvalue weighted by Crippen LogP contribution is -2.28. The van der Waals surface area contributed by atoms with Crippen LogP contribution in [0.5, 0.6) is 11.5 Å². The number of carbonyl (C=O) groups excluding carboxylic acids is 1. The van der Waals surface area contributed by atoms with Gasteiger partial charge in [0.1, 0.15) is 30.5 Å². The van der Waals surface area contributed by atoms with Gasteiger partial charge in [-0.05, 0) is 55.3 Å². The lowest BCUT2D eigenvalue weighted by Gasteiger charge is -2.17. The Balaban J connectivity index is 1.67. The first-order valence-electron chi connectivity index (χ1n) is 8.83. The molecule has 2 N–H and O–H groups in total. The van der Waals surface area contributed by atoms with Crippen molar-refractivity contribution >= 4 is 15.9 Å². The Morgan fingerprint density at radius 1 is 1.04 bits per heavy atom. The molecule has 7 nitrogen and oxygen atoms in total. The lowest BCUT2D eigenvalue weighted by atomic mass is 10.2. The second kappa shape index (κ2) is 8.57. The molecule has 2 aromatic carbocycles. The highest BCUT2D eigenvalue weighted by molar-refractivity contribution is 7.89. The first-order chi connectivity index (χ1) is 13.4. The topological polar surface area (TPSA) is 98.9 Å². The van der Waals surface area contributed by atoms with Gasteiger partial charge in [0.2, 0.25) is 10.0 Å². The van der Waals surface area contributed by atoms with Gasteiger partial charge in [-0.1, -0.05) is 0 Å². The number of hydrogen-bond acceptors (Lipinski definition) is 5. The van der Waals surface area contributed by atoms with Crippen LogP contribution in [0.25, 0.3) is 0 Å². The molecule has 1 amide bonds. The van der Waals surface area contributed by atoms with E-state index in [1.54, 1.807) is 0 Å². The van der Waals surface area contributed by atoms with Crippen LogP contribution in [0.1, 0.15) is 23.2 Å². The first-order valence-corrected chi connectivity index (χ1v) is 10.3. The number of rotatable bonds is 8. The number of sulfonamides is 1. The van der Waals surface area contributed by atoms with Crippen LogP contribution in [-0.4, -0.2) is 44.9 Å². The molecule has 150 valence electrons. The number of nitrogens with zero attached hydrogens (tertiary/aromatic N) is 1. The maximum Gasteiger partial charge on any atom is 0.252 e. The van der Waals surface area contributed by atoms with E-state index in [0.717, 1.165) is 12.8 Å². The minimum atomic E-state index is -3.66.